The van der Waals surface area contributed by atoms with Crippen LogP contribution in [0.2, 0.25) is 15.3 Å². The van der Waals surface area contributed by atoms with Gasteiger partial charge in [-0.25, -0.2) is 0 Å². The molecule has 0 saturated heterocycles. The van der Waals surface area contributed by atoms with Crippen molar-refractivity contribution in [2.24, 2.45) is 0 Å². The SMILES string of the molecule is CN(C)CCOc1cc(-c2nc(N)nc(Cl)n2)c(Cl)cc1Cl. The number of hydrogen-bond donors (Lipinski definition) is 1. The summed E-state index contributed by atoms with van der Waals surface area (Å²) in [5.74, 6) is 0.755. The zero-order valence-electron chi connectivity index (χ0n) is 12.0. The third kappa shape index (κ3) is 4.33. The fraction of sp³-hybridized carbons (Fsp3) is 0.308. The third-order valence-corrected chi connectivity index (χ3v) is 3.46. The number of benzene rings is 1. The molecule has 0 aliphatic rings. The van der Waals surface area contributed by atoms with Crippen LogP contribution >= 0.6 is 34.8 Å². The summed E-state index contributed by atoms with van der Waals surface area (Å²) in [6, 6.07) is 3.22. The summed E-state index contributed by atoms with van der Waals surface area (Å²) in [4.78, 5) is 13.8. The van der Waals surface area contributed by atoms with Gasteiger partial charge in [0.1, 0.15) is 12.4 Å². The van der Waals surface area contributed by atoms with Crippen molar-refractivity contribution in [1.29, 1.82) is 0 Å². The molecule has 2 aromatic rings. The Morgan fingerprint density at radius 2 is 1.82 bits per heavy atom. The number of nitrogens with zero attached hydrogens (tertiary/aromatic N) is 4. The molecule has 0 radical (unpaired) electrons. The maximum atomic E-state index is 6.19. The van der Waals surface area contributed by atoms with Crippen LogP contribution in [-0.4, -0.2) is 47.1 Å². The van der Waals surface area contributed by atoms with Crippen molar-refractivity contribution in [3.05, 3.63) is 27.5 Å². The lowest BCUT2D eigenvalue weighted by Crippen LogP contribution is -2.19. The average Bonchev–Trinajstić information content (AvgIpc) is 2.39. The number of nitrogens with two attached hydrogens (primary N) is 1. The first-order chi connectivity index (χ1) is 10.4. The molecule has 0 aliphatic carbocycles. The highest BCUT2D eigenvalue weighted by Gasteiger charge is 2.14. The van der Waals surface area contributed by atoms with E-state index >= 15 is 0 Å². The van der Waals surface area contributed by atoms with Crippen LogP contribution in [0.15, 0.2) is 12.1 Å². The number of halogens is 3. The van der Waals surface area contributed by atoms with Gasteiger partial charge in [0.05, 0.1) is 10.0 Å². The molecule has 6 nitrogen and oxygen atoms in total. The van der Waals surface area contributed by atoms with Crippen molar-refractivity contribution in [1.82, 2.24) is 19.9 Å². The minimum atomic E-state index is -0.0106. The second-order valence-electron chi connectivity index (χ2n) is 4.70. The summed E-state index contributed by atoms with van der Waals surface area (Å²) < 4.78 is 5.66. The Balaban J connectivity index is 2.35. The van der Waals surface area contributed by atoms with Crippen LogP contribution in [0.5, 0.6) is 5.75 Å². The van der Waals surface area contributed by atoms with E-state index in [4.69, 9.17) is 45.3 Å². The van der Waals surface area contributed by atoms with Gasteiger partial charge in [0.2, 0.25) is 11.2 Å². The van der Waals surface area contributed by atoms with Gasteiger partial charge < -0.3 is 15.4 Å². The summed E-state index contributed by atoms with van der Waals surface area (Å²) in [5.41, 5.74) is 6.09. The summed E-state index contributed by atoms with van der Waals surface area (Å²) >= 11 is 18.1. The Morgan fingerprint density at radius 1 is 1.09 bits per heavy atom. The van der Waals surface area contributed by atoms with Crippen molar-refractivity contribution in [2.75, 3.05) is 33.0 Å². The highest BCUT2D eigenvalue weighted by molar-refractivity contribution is 6.37. The van der Waals surface area contributed by atoms with Crippen LogP contribution in [0.1, 0.15) is 0 Å². The van der Waals surface area contributed by atoms with Gasteiger partial charge >= 0.3 is 0 Å². The average molecular weight is 363 g/mol. The molecule has 22 heavy (non-hydrogen) atoms. The lowest BCUT2D eigenvalue weighted by atomic mass is 10.2. The van der Waals surface area contributed by atoms with Gasteiger partial charge in [0.25, 0.3) is 0 Å². The molecule has 0 unspecified atom stereocenters. The van der Waals surface area contributed by atoms with Crippen LogP contribution in [0, 0.1) is 0 Å². The Kier molecular flexibility index (Phi) is 5.63. The largest absolute Gasteiger partial charge is 0.491 e. The standard InChI is InChI=1S/C13H14Cl3N5O/c1-21(2)3-4-22-10-5-7(8(14)6-9(10)15)11-18-12(16)20-13(17)19-11/h5-6H,3-4H2,1-2H3,(H2,17,18,19,20). The Labute approximate surface area is 143 Å². The molecule has 0 spiro atoms. The molecule has 118 valence electrons. The third-order valence-electron chi connectivity index (χ3n) is 2.68. The van der Waals surface area contributed by atoms with E-state index in [9.17, 15) is 0 Å². The minimum absolute atomic E-state index is 0.0103. The van der Waals surface area contributed by atoms with Gasteiger partial charge in [-0.05, 0) is 37.8 Å². The molecule has 0 aliphatic heterocycles. The molecule has 0 bridgehead atoms. The van der Waals surface area contributed by atoms with Crippen molar-refractivity contribution in [3.63, 3.8) is 0 Å². The van der Waals surface area contributed by atoms with E-state index in [0.29, 0.717) is 28.0 Å². The van der Waals surface area contributed by atoms with Crippen LogP contribution in [-0.2, 0) is 0 Å². The zero-order valence-corrected chi connectivity index (χ0v) is 14.2. The van der Waals surface area contributed by atoms with Crippen LogP contribution in [0.25, 0.3) is 11.4 Å². The van der Waals surface area contributed by atoms with E-state index < -0.39 is 0 Å². The lowest BCUT2D eigenvalue weighted by molar-refractivity contribution is 0.261. The molecule has 9 heteroatoms. The molecular weight excluding hydrogens is 349 g/mol. The highest BCUT2D eigenvalue weighted by Crippen LogP contribution is 2.35. The molecule has 0 amide bonds. The summed E-state index contributed by atoms with van der Waals surface area (Å²) in [7, 11) is 3.90. The fourth-order valence-electron chi connectivity index (χ4n) is 1.64. The van der Waals surface area contributed by atoms with Crippen molar-refractivity contribution in [2.45, 2.75) is 0 Å². The van der Waals surface area contributed by atoms with E-state index in [1.165, 1.54) is 0 Å². The number of aromatic nitrogens is 3. The molecule has 0 atom stereocenters. The second-order valence-corrected chi connectivity index (χ2v) is 5.85. The fourth-order valence-corrected chi connectivity index (χ4v) is 2.32. The van der Waals surface area contributed by atoms with E-state index in [-0.39, 0.29) is 17.1 Å². The van der Waals surface area contributed by atoms with E-state index in [0.717, 1.165) is 6.54 Å². The molecule has 1 aromatic carbocycles. The molecule has 1 heterocycles. The number of rotatable bonds is 5. The maximum absolute atomic E-state index is 6.19. The Morgan fingerprint density at radius 3 is 2.45 bits per heavy atom. The number of likely N-dealkylation sites (N-methyl/N-ethyl adjacent to an activating group) is 1. The first-order valence-electron chi connectivity index (χ1n) is 6.31. The number of nitrogen functional groups attached to an aromatic ring is 1. The number of ether oxygens (including phenoxy) is 1. The zero-order chi connectivity index (χ0) is 16.3. The van der Waals surface area contributed by atoms with Crippen molar-refractivity contribution < 1.29 is 4.74 Å². The van der Waals surface area contributed by atoms with Gasteiger partial charge in [-0.3, -0.25) is 0 Å². The molecule has 0 saturated carbocycles. The van der Waals surface area contributed by atoms with Gasteiger partial charge in [0, 0.05) is 12.1 Å². The first-order valence-corrected chi connectivity index (χ1v) is 7.44. The minimum Gasteiger partial charge on any atom is -0.491 e. The van der Waals surface area contributed by atoms with E-state index in [2.05, 4.69) is 15.0 Å². The number of anilines is 1. The molecule has 0 fully saturated rings. The first kappa shape index (κ1) is 17.0. The normalized spacial score (nSPS) is 11.0. The van der Waals surface area contributed by atoms with E-state index in [1.807, 2.05) is 19.0 Å². The summed E-state index contributed by atoms with van der Waals surface area (Å²) in [6.45, 7) is 1.23. The Hall–Kier alpha value is -1.34. The van der Waals surface area contributed by atoms with E-state index in [1.54, 1.807) is 12.1 Å². The van der Waals surface area contributed by atoms with Gasteiger partial charge in [-0.2, -0.15) is 15.0 Å². The van der Waals surface area contributed by atoms with Crippen molar-refractivity contribution >= 4 is 40.8 Å². The predicted molar refractivity (Wildman–Crippen MR) is 88.8 cm³/mol. The topological polar surface area (TPSA) is 77.2 Å². The van der Waals surface area contributed by atoms with Gasteiger partial charge in [0.15, 0.2) is 5.82 Å². The lowest BCUT2D eigenvalue weighted by Gasteiger charge is -2.13. The molecule has 1 aromatic heterocycles. The monoisotopic (exact) mass is 361 g/mol. The second kappa shape index (κ2) is 7.28. The van der Waals surface area contributed by atoms with Gasteiger partial charge in [-0.15, -0.1) is 0 Å². The highest BCUT2D eigenvalue weighted by atomic mass is 35.5. The molecule has 2 rings (SSSR count). The predicted octanol–water partition coefficient (Wildman–Crippen LogP) is 3.02. The summed E-state index contributed by atoms with van der Waals surface area (Å²) in [5, 5.41) is 0.760. The van der Waals surface area contributed by atoms with Crippen LogP contribution in [0.3, 0.4) is 0 Å². The number of hydrogen-bond acceptors (Lipinski definition) is 6. The Bertz CT molecular complexity index is 661. The smallest absolute Gasteiger partial charge is 0.227 e. The van der Waals surface area contributed by atoms with Crippen LogP contribution in [0.4, 0.5) is 5.95 Å². The maximum Gasteiger partial charge on any atom is 0.227 e. The quantitative estimate of drug-likeness (QED) is 0.881. The summed E-state index contributed by atoms with van der Waals surface area (Å²) in [6.07, 6.45) is 0. The molecular formula is C13H14Cl3N5O. The van der Waals surface area contributed by atoms with Crippen molar-refractivity contribution in [3.8, 4) is 17.1 Å². The molecule has 2 N–H and O–H groups in total. The van der Waals surface area contributed by atoms with Gasteiger partial charge in [-0.1, -0.05) is 23.2 Å². The van der Waals surface area contributed by atoms with Crippen LogP contribution < -0.4 is 10.5 Å².